The summed E-state index contributed by atoms with van der Waals surface area (Å²) < 4.78 is 1.91. The minimum absolute atomic E-state index is 0.186. The average molecular weight is 337 g/mol. The fourth-order valence-corrected chi connectivity index (χ4v) is 3.42. The molecule has 0 aliphatic carbocycles. The smallest absolute Gasteiger partial charge is 0.246 e. The number of carbonyl (C=O) groups excluding carboxylic acids is 1. The molecule has 1 amide bonds. The van der Waals surface area contributed by atoms with E-state index in [1.54, 1.807) is 17.6 Å². The van der Waals surface area contributed by atoms with Crippen molar-refractivity contribution in [1.82, 2.24) is 19.8 Å². The number of fused-ring (bicyclic) bond motifs is 2. The molecule has 120 valence electrons. The molecule has 0 radical (unpaired) electrons. The first kappa shape index (κ1) is 14.6. The number of nitrogens with zero attached hydrogens (tertiary/aromatic N) is 3. The number of rotatable bonds is 4. The average Bonchev–Trinajstić information content (AvgIpc) is 3.21. The molecular weight excluding hydrogens is 322 g/mol. The fourth-order valence-electron chi connectivity index (χ4n) is 2.70. The number of hydrogen-bond acceptors (Lipinski definition) is 4. The van der Waals surface area contributed by atoms with E-state index in [-0.39, 0.29) is 12.3 Å². The van der Waals surface area contributed by atoms with Crippen LogP contribution in [0, 0.1) is 6.92 Å². The van der Waals surface area contributed by atoms with E-state index in [0.29, 0.717) is 0 Å². The summed E-state index contributed by atoms with van der Waals surface area (Å²) in [4.78, 5) is 20.6. The lowest BCUT2D eigenvalue weighted by molar-refractivity contribution is -0.120. The van der Waals surface area contributed by atoms with Gasteiger partial charge < -0.3 is 4.98 Å². The molecule has 0 saturated heterocycles. The summed E-state index contributed by atoms with van der Waals surface area (Å²) in [5, 5.41) is 7.13. The maximum Gasteiger partial charge on any atom is 0.246 e. The number of aromatic amines is 1. The van der Waals surface area contributed by atoms with Crippen LogP contribution >= 0.6 is 11.3 Å². The van der Waals surface area contributed by atoms with Gasteiger partial charge in [0, 0.05) is 39.9 Å². The van der Waals surface area contributed by atoms with E-state index < -0.39 is 0 Å². The Kier molecular flexibility index (Phi) is 3.62. The molecule has 0 bridgehead atoms. The Morgan fingerprint density at radius 3 is 3.21 bits per heavy atom. The second-order valence-corrected chi connectivity index (χ2v) is 6.38. The number of benzene rings is 1. The van der Waals surface area contributed by atoms with Gasteiger partial charge in [0.15, 0.2) is 4.96 Å². The number of amides is 1. The number of thiazole rings is 1. The van der Waals surface area contributed by atoms with Gasteiger partial charge in [-0.15, -0.1) is 11.3 Å². The van der Waals surface area contributed by atoms with Crippen LogP contribution in [0.2, 0.25) is 0 Å². The topological polar surface area (TPSA) is 74.5 Å². The predicted octanol–water partition coefficient (Wildman–Crippen LogP) is 2.88. The number of para-hydroxylation sites is 1. The lowest BCUT2D eigenvalue weighted by atomic mass is 10.1. The van der Waals surface area contributed by atoms with E-state index in [0.717, 1.165) is 32.8 Å². The molecule has 0 aliphatic rings. The van der Waals surface area contributed by atoms with Gasteiger partial charge in [0.2, 0.25) is 5.91 Å². The predicted molar refractivity (Wildman–Crippen MR) is 95.5 cm³/mol. The van der Waals surface area contributed by atoms with Crippen LogP contribution < -0.4 is 5.43 Å². The second kappa shape index (κ2) is 5.93. The molecule has 24 heavy (non-hydrogen) atoms. The van der Waals surface area contributed by atoms with Gasteiger partial charge in [0.25, 0.3) is 0 Å². The highest BCUT2D eigenvalue weighted by atomic mass is 32.1. The molecule has 7 heteroatoms. The summed E-state index contributed by atoms with van der Waals surface area (Å²) in [7, 11) is 0. The van der Waals surface area contributed by atoms with Crippen LogP contribution in [0.5, 0.6) is 0 Å². The number of hydrogen-bond donors (Lipinski definition) is 2. The number of carbonyl (C=O) groups is 1. The van der Waals surface area contributed by atoms with Crippen LogP contribution in [-0.2, 0) is 11.2 Å². The van der Waals surface area contributed by atoms with Crippen LogP contribution in [-0.4, -0.2) is 26.5 Å². The molecule has 3 aromatic heterocycles. The van der Waals surface area contributed by atoms with Gasteiger partial charge in [-0.3, -0.25) is 9.20 Å². The fraction of sp³-hybridized carbons (Fsp3) is 0.118. The third-order valence-corrected chi connectivity index (χ3v) is 4.58. The molecule has 4 rings (SSSR count). The molecule has 3 heterocycles. The minimum Gasteiger partial charge on any atom is -0.358 e. The summed E-state index contributed by atoms with van der Waals surface area (Å²) in [6.07, 6.45) is 5.67. The van der Waals surface area contributed by atoms with Crippen molar-refractivity contribution in [3.8, 4) is 0 Å². The molecule has 0 spiro atoms. The van der Waals surface area contributed by atoms with Crippen LogP contribution in [0.15, 0.2) is 47.1 Å². The van der Waals surface area contributed by atoms with Crippen molar-refractivity contribution in [1.29, 1.82) is 0 Å². The molecule has 0 unspecified atom stereocenters. The number of imidazole rings is 1. The molecule has 4 aromatic rings. The first-order chi connectivity index (χ1) is 11.7. The third-order valence-electron chi connectivity index (χ3n) is 3.81. The molecule has 0 saturated carbocycles. The molecule has 6 nitrogen and oxygen atoms in total. The first-order valence-electron chi connectivity index (χ1n) is 7.51. The lowest BCUT2D eigenvalue weighted by Gasteiger charge is -1.97. The van der Waals surface area contributed by atoms with Crippen LogP contribution in [0.3, 0.4) is 0 Å². The molecule has 0 atom stereocenters. The molecule has 2 N–H and O–H groups in total. The molecule has 1 aromatic carbocycles. The Morgan fingerprint density at radius 1 is 1.46 bits per heavy atom. The van der Waals surface area contributed by atoms with E-state index in [1.165, 1.54) is 0 Å². The normalized spacial score (nSPS) is 11.7. The van der Waals surface area contributed by atoms with Gasteiger partial charge in [0.1, 0.15) is 0 Å². The Balaban J connectivity index is 1.45. The van der Waals surface area contributed by atoms with Crippen LogP contribution in [0.1, 0.15) is 17.0 Å². The molecule has 0 aliphatic heterocycles. The summed E-state index contributed by atoms with van der Waals surface area (Å²) in [5.41, 5.74) is 6.36. The Morgan fingerprint density at radius 2 is 2.33 bits per heavy atom. The molecular formula is C17H15N5OS. The maximum absolute atomic E-state index is 12.0. The number of nitrogens with one attached hydrogen (secondary N) is 2. The summed E-state index contributed by atoms with van der Waals surface area (Å²) in [6, 6.07) is 8.01. The van der Waals surface area contributed by atoms with E-state index in [9.17, 15) is 4.79 Å². The van der Waals surface area contributed by atoms with Crippen molar-refractivity contribution >= 4 is 39.3 Å². The van der Waals surface area contributed by atoms with E-state index in [2.05, 4.69) is 20.5 Å². The summed E-state index contributed by atoms with van der Waals surface area (Å²) in [6.45, 7) is 1.99. The standard InChI is InChI=1S/C17H15N5OS/c1-11-14(13-4-2-3-5-15(13)19-11)9-18-21-16(23)8-12-10-22-6-7-24-17(22)20-12/h2-7,9-10,19H,8H2,1H3,(H,21,23). The highest BCUT2D eigenvalue weighted by molar-refractivity contribution is 7.15. The van der Waals surface area contributed by atoms with Gasteiger partial charge in [-0.05, 0) is 13.0 Å². The Labute approximate surface area is 141 Å². The number of H-pyrrole nitrogens is 1. The van der Waals surface area contributed by atoms with E-state index in [1.807, 2.05) is 53.4 Å². The van der Waals surface area contributed by atoms with Crippen LogP contribution in [0.4, 0.5) is 0 Å². The Hall–Kier alpha value is -2.93. The van der Waals surface area contributed by atoms with Crippen molar-refractivity contribution in [3.63, 3.8) is 0 Å². The lowest BCUT2D eigenvalue weighted by Crippen LogP contribution is -2.20. The number of aromatic nitrogens is 3. The van der Waals surface area contributed by atoms with Crippen molar-refractivity contribution in [2.45, 2.75) is 13.3 Å². The Bertz CT molecular complexity index is 1030. The van der Waals surface area contributed by atoms with Gasteiger partial charge in [-0.25, -0.2) is 10.4 Å². The number of aryl methyl sites for hydroxylation is 1. The van der Waals surface area contributed by atoms with Gasteiger partial charge in [-0.1, -0.05) is 18.2 Å². The zero-order chi connectivity index (χ0) is 16.5. The zero-order valence-corrected chi connectivity index (χ0v) is 13.8. The quantitative estimate of drug-likeness (QED) is 0.444. The molecule has 0 fully saturated rings. The van der Waals surface area contributed by atoms with E-state index >= 15 is 0 Å². The van der Waals surface area contributed by atoms with Gasteiger partial charge in [0.05, 0.1) is 18.3 Å². The van der Waals surface area contributed by atoms with Crippen molar-refractivity contribution in [2.24, 2.45) is 5.10 Å². The van der Waals surface area contributed by atoms with Crippen molar-refractivity contribution < 1.29 is 4.79 Å². The van der Waals surface area contributed by atoms with Crippen LogP contribution in [0.25, 0.3) is 15.9 Å². The minimum atomic E-state index is -0.186. The first-order valence-corrected chi connectivity index (χ1v) is 8.39. The monoisotopic (exact) mass is 337 g/mol. The van der Waals surface area contributed by atoms with Crippen molar-refractivity contribution in [3.05, 3.63) is 59.0 Å². The second-order valence-electron chi connectivity index (χ2n) is 5.50. The van der Waals surface area contributed by atoms with Gasteiger partial charge in [-0.2, -0.15) is 5.10 Å². The van der Waals surface area contributed by atoms with E-state index in [4.69, 9.17) is 0 Å². The highest BCUT2D eigenvalue weighted by Gasteiger charge is 2.08. The highest BCUT2D eigenvalue weighted by Crippen LogP contribution is 2.19. The number of hydrazone groups is 1. The SMILES string of the molecule is Cc1[nH]c2ccccc2c1C=NNC(=O)Cc1cn2ccsc2n1. The van der Waals surface area contributed by atoms with Gasteiger partial charge >= 0.3 is 0 Å². The largest absolute Gasteiger partial charge is 0.358 e. The van der Waals surface area contributed by atoms with Crippen molar-refractivity contribution in [2.75, 3.05) is 0 Å². The summed E-state index contributed by atoms with van der Waals surface area (Å²) >= 11 is 1.54. The summed E-state index contributed by atoms with van der Waals surface area (Å²) in [5.74, 6) is -0.186. The zero-order valence-electron chi connectivity index (χ0n) is 13.0. The third kappa shape index (κ3) is 2.69. The maximum atomic E-state index is 12.0.